The zero-order valence-electron chi connectivity index (χ0n) is 19.8. The van der Waals surface area contributed by atoms with Crippen LogP contribution >= 0.6 is 11.6 Å². The molecule has 2 atom stereocenters. The van der Waals surface area contributed by atoms with Crippen molar-refractivity contribution >= 4 is 35.2 Å². The normalized spacial score (nSPS) is 12.9. The van der Waals surface area contributed by atoms with E-state index in [-0.39, 0.29) is 11.3 Å². The third-order valence-electron chi connectivity index (χ3n) is 4.86. The molecule has 0 radical (unpaired) electrons. The van der Waals surface area contributed by atoms with E-state index in [0.717, 1.165) is 4.90 Å². The first kappa shape index (κ1) is 26.9. The lowest BCUT2D eigenvalue weighted by atomic mass is 10.0. The number of ether oxygens (including phenoxy) is 1. The summed E-state index contributed by atoms with van der Waals surface area (Å²) in [7, 11) is 1.33. The Morgan fingerprint density at radius 3 is 2.32 bits per heavy atom. The largest absolute Gasteiger partial charge is 0.508 e. The summed E-state index contributed by atoms with van der Waals surface area (Å²) < 4.78 is 5.15. The second-order valence-corrected chi connectivity index (χ2v) is 9.12. The number of carbonyl (C=O) groups excluding carboxylic acids is 3. The van der Waals surface area contributed by atoms with Crippen LogP contribution < -0.4 is 10.6 Å². The molecule has 0 bridgehead atoms. The van der Waals surface area contributed by atoms with Crippen LogP contribution in [0.2, 0.25) is 5.02 Å². The number of alkyl carbamates (subject to hydrolysis) is 1. The molecule has 0 aliphatic carbocycles. The van der Waals surface area contributed by atoms with Crippen molar-refractivity contribution in [3.8, 4) is 5.75 Å². The van der Waals surface area contributed by atoms with Gasteiger partial charge in [0.15, 0.2) is 0 Å². The number of aryl methyl sites for hydroxylation is 1. The van der Waals surface area contributed by atoms with Crippen LogP contribution in [0.25, 0.3) is 0 Å². The summed E-state index contributed by atoms with van der Waals surface area (Å²) in [5.74, 6) is -1.63. The van der Waals surface area contributed by atoms with Gasteiger partial charge in [-0.2, -0.15) is 0 Å². The first-order valence-electron chi connectivity index (χ1n) is 10.6. The number of nitrogens with zero attached hydrogens (tertiary/aromatic N) is 1. The number of amides is 3. The number of carbonyl (C=O) groups is 3. The van der Waals surface area contributed by atoms with Crippen molar-refractivity contribution in [2.24, 2.45) is 0 Å². The fourth-order valence-corrected chi connectivity index (χ4v) is 3.50. The molecule has 2 rings (SSSR count). The van der Waals surface area contributed by atoms with Gasteiger partial charge in [-0.05, 0) is 45.4 Å². The quantitative estimate of drug-likeness (QED) is 0.470. The minimum atomic E-state index is -1.39. The Hall–Kier alpha value is -3.30. The van der Waals surface area contributed by atoms with Crippen molar-refractivity contribution in [2.75, 3.05) is 19.0 Å². The van der Waals surface area contributed by atoms with Crippen LogP contribution in [0.15, 0.2) is 42.5 Å². The molecule has 4 N–H and O–H groups in total. The van der Waals surface area contributed by atoms with E-state index < -0.39 is 42.2 Å². The van der Waals surface area contributed by atoms with E-state index >= 15 is 0 Å². The zero-order valence-corrected chi connectivity index (χ0v) is 20.5. The second kappa shape index (κ2) is 11.2. The molecule has 34 heavy (non-hydrogen) atoms. The van der Waals surface area contributed by atoms with Gasteiger partial charge in [-0.25, -0.2) is 4.79 Å². The molecule has 0 fully saturated rings. The highest BCUT2D eigenvalue weighted by molar-refractivity contribution is 6.34. The number of hydrogen-bond acceptors (Lipinski definition) is 6. The van der Waals surface area contributed by atoms with Crippen molar-refractivity contribution in [2.45, 2.75) is 45.4 Å². The molecule has 3 amide bonds. The number of likely N-dealkylation sites (N-methyl/N-ethyl adjacent to an activating group) is 1. The number of rotatable bonds is 7. The summed E-state index contributed by atoms with van der Waals surface area (Å²) in [6.07, 6.45) is -0.899. The fourth-order valence-electron chi connectivity index (χ4n) is 3.23. The van der Waals surface area contributed by atoms with E-state index in [2.05, 4.69) is 10.6 Å². The Morgan fingerprint density at radius 1 is 1.12 bits per heavy atom. The Kier molecular flexibility index (Phi) is 8.89. The van der Waals surface area contributed by atoms with Crippen molar-refractivity contribution < 1.29 is 29.3 Å². The third kappa shape index (κ3) is 6.85. The molecule has 10 heteroatoms. The number of aliphatic hydroxyl groups excluding tert-OH is 1. The summed E-state index contributed by atoms with van der Waals surface area (Å²) in [4.78, 5) is 39.8. The van der Waals surface area contributed by atoms with Crippen LogP contribution in [-0.2, 0) is 14.3 Å². The molecule has 0 saturated carbocycles. The highest BCUT2D eigenvalue weighted by Crippen LogP contribution is 2.32. The lowest BCUT2D eigenvalue weighted by Gasteiger charge is -2.31. The molecule has 184 valence electrons. The van der Waals surface area contributed by atoms with Crippen LogP contribution in [0, 0.1) is 6.92 Å². The minimum absolute atomic E-state index is 0.148. The molecule has 0 aromatic heterocycles. The van der Waals surface area contributed by atoms with Gasteiger partial charge in [-0.1, -0.05) is 41.9 Å². The van der Waals surface area contributed by atoms with E-state index in [1.54, 1.807) is 58.0 Å². The zero-order chi connectivity index (χ0) is 25.6. The molecule has 0 heterocycles. The molecule has 2 aromatic carbocycles. The third-order valence-corrected chi connectivity index (χ3v) is 5.17. The van der Waals surface area contributed by atoms with Gasteiger partial charge in [0.25, 0.3) is 5.91 Å². The summed E-state index contributed by atoms with van der Waals surface area (Å²) >= 11 is 6.24. The predicted molar refractivity (Wildman–Crippen MR) is 129 cm³/mol. The number of phenols is 1. The van der Waals surface area contributed by atoms with Gasteiger partial charge in [0.2, 0.25) is 5.91 Å². The molecule has 2 unspecified atom stereocenters. The number of aromatic hydroxyl groups is 1. The maximum absolute atomic E-state index is 13.4. The number of anilines is 1. The summed E-state index contributed by atoms with van der Waals surface area (Å²) in [5.41, 5.74) is 0.394. The Labute approximate surface area is 203 Å². The average molecular weight is 492 g/mol. The summed E-state index contributed by atoms with van der Waals surface area (Å²) in [5, 5.41) is 25.5. The SMILES string of the molecule is Cc1cccc(Cl)c1NC(=O)C(c1ccccc1O)N(C)C(=O)C(CO)NC(=O)OC(C)(C)C. The van der Waals surface area contributed by atoms with Gasteiger partial charge in [0, 0.05) is 12.6 Å². The maximum Gasteiger partial charge on any atom is 0.408 e. The standard InChI is InChI=1S/C24H30ClN3O6/c1-14-9-8-11-16(25)19(14)27-21(31)20(15-10-6-7-12-18(15)30)28(5)22(32)17(13-29)26-23(33)34-24(2,3)4/h6-12,17,20,29-30H,13H2,1-5H3,(H,26,33)(H,27,31). The number of halogens is 1. The van der Waals surface area contributed by atoms with Gasteiger partial charge in [0.05, 0.1) is 17.3 Å². The molecule has 2 aromatic rings. The number of phenolic OH excluding ortho intramolecular Hbond substituents is 1. The number of para-hydroxylation sites is 2. The highest BCUT2D eigenvalue weighted by atomic mass is 35.5. The van der Waals surface area contributed by atoms with Crippen LogP contribution in [0.1, 0.15) is 37.9 Å². The lowest BCUT2D eigenvalue weighted by Crippen LogP contribution is -2.52. The highest BCUT2D eigenvalue weighted by Gasteiger charge is 2.35. The van der Waals surface area contributed by atoms with Gasteiger partial charge >= 0.3 is 6.09 Å². The Balaban J connectivity index is 2.38. The van der Waals surface area contributed by atoms with E-state index in [9.17, 15) is 24.6 Å². The summed E-state index contributed by atoms with van der Waals surface area (Å²) in [6.45, 7) is 6.00. The van der Waals surface area contributed by atoms with E-state index in [0.29, 0.717) is 16.3 Å². The monoisotopic (exact) mass is 491 g/mol. The number of hydrogen-bond donors (Lipinski definition) is 4. The topological polar surface area (TPSA) is 128 Å². The maximum atomic E-state index is 13.4. The molecule has 0 aliphatic heterocycles. The molecule has 9 nitrogen and oxygen atoms in total. The first-order valence-corrected chi connectivity index (χ1v) is 10.9. The predicted octanol–water partition coefficient (Wildman–Crippen LogP) is 3.38. The number of aliphatic hydroxyl groups is 1. The van der Waals surface area contributed by atoms with E-state index in [4.69, 9.17) is 16.3 Å². The van der Waals surface area contributed by atoms with Crippen LogP contribution in [0.3, 0.4) is 0 Å². The number of benzene rings is 2. The lowest BCUT2D eigenvalue weighted by molar-refractivity contribution is -0.139. The number of nitrogens with one attached hydrogen (secondary N) is 2. The van der Waals surface area contributed by atoms with Gasteiger partial charge in [0.1, 0.15) is 23.4 Å². The van der Waals surface area contributed by atoms with Crippen LogP contribution in [-0.4, -0.2) is 58.3 Å². The van der Waals surface area contributed by atoms with Crippen LogP contribution in [0.5, 0.6) is 5.75 Å². The van der Waals surface area contributed by atoms with Crippen molar-refractivity contribution in [1.29, 1.82) is 0 Å². The van der Waals surface area contributed by atoms with E-state index in [1.165, 1.54) is 19.2 Å². The van der Waals surface area contributed by atoms with Crippen molar-refractivity contribution in [3.05, 3.63) is 58.6 Å². The average Bonchev–Trinajstić information content (AvgIpc) is 2.74. The first-order chi connectivity index (χ1) is 15.9. The second-order valence-electron chi connectivity index (χ2n) is 8.71. The molecule has 0 saturated heterocycles. The Bertz CT molecular complexity index is 1030. The smallest absolute Gasteiger partial charge is 0.408 e. The van der Waals surface area contributed by atoms with Crippen molar-refractivity contribution in [1.82, 2.24) is 10.2 Å². The van der Waals surface area contributed by atoms with Gasteiger partial charge in [-0.3, -0.25) is 9.59 Å². The summed E-state index contributed by atoms with van der Waals surface area (Å²) in [6, 6.07) is 8.48. The molecule has 0 aliphatic rings. The van der Waals surface area contributed by atoms with E-state index in [1.807, 2.05) is 0 Å². The van der Waals surface area contributed by atoms with Gasteiger partial charge in [-0.15, -0.1) is 0 Å². The van der Waals surface area contributed by atoms with Crippen molar-refractivity contribution in [3.63, 3.8) is 0 Å². The van der Waals surface area contributed by atoms with Gasteiger partial charge < -0.3 is 30.5 Å². The van der Waals surface area contributed by atoms with Crippen LogP contribution in [0.4, 0.5) is 10.5 Å². The minimum Gasteiger partial charge on any atom is -0.508 e. The fraction of sp³-hybridized carbons (Fsp3) is 0.375. The molecular weight excluding hydrogens is 462 g/mol. The Morgan fingerprint density at radius 2 is 1.76 bits per heavy atom. The molecule has 0 spiro atoms. The molecular formula is C24H30ClN3O6.